The molecule has 0 saturated carbocycles. The van der Waals surface area contributed by atoms with Crippen molar-refractivity contribution in [3.05, 3.63) is 57.0 Å². The summed E-state index contributed by atoms with van der Waals surface area (Å²) < 4.78 is 7.80. The molecule has 0 radical (unpaired) electrons. The van der Waals surface area contributed by atoms with Gasteiger partial charge < -0.3 is 10.5 Å². The first-order valence-electron chi connectivity index (χ1n) is 6.69. The van der Waals surface area contributed by atoms with Crippen molar-refractivity contribution in [3.8, 4) is 5.75 Å². The molecule has 0 bridgehead atoms. The van der Waals surface area contributed by atoms with Gasteiger partial charge in [-0.3, -0.25) is 0 Å². The average molecular weight is 431 g/mol. The van der Waals surface area contributed by atoms with Crippen LogP contribution < -0.4 is 10.5 Å². The molecule has 0 aliphatic heterocycles. The first-order chi connectivity index (χ1) is 10.2. The molecule has 2 nitrogen and oxygen atoms in total. The molecule has 2 rings (SSSR count). The van der Waals surface area contributed by atoms with Crippen molar-refractivity contribution in [1.82, 2.24) is 0 Å². The van der Waals surface area contributed by atoms with Crippen LogP contribution in [0.25, 0.3) is 0 Å². The zero-order valence-corrected chi connectivity index (χ0v) is 15.5. The number of hydrogen-bond acceptors (Lipinski definition) is 3. The molecule has 0 aliphatic carbocycles. The Bertz CT molecular complexity index is 555. The lowest BCUT2D eigenvalue weighted by Crippen LogP contribution is -2.04. The van der Waals surface area contributed by atoms with Crippen LogP contribution in [-0.4, -0.2) is 18.9 Å². The third-order valence-corrected chi connectivity index (χ3v) is 4.99. The van der Waals surface area contributed by atoms with Crippen molar-refractivity contribution < 1.29 is 4.74 Å². The van der Waals surface area contributed by atoms with Gasteiger partial charge in [0.1, 0.15) is 5.75 Å². The predicted octanol–water partition coefficient (Wildman–Crippen LogP) is 4.88. The first kappa shape index (κ1) is 16.9. The second-order valence-electron chi connectivity index (χ2n) is 4.44. The molecular weight excluding hydrogens is 414 g/mol. The van der Waals surface area contributed by atoms with Crippen LogP contribution in [0.2, 0.25) is 0 Å². The molecule has 0 spiro atoms. The zero-order valence-electron chi connectivity index (χ0n) is 11.5. The molecule has 0 aromatic heterocycles. The van der Waals surface area contributed by atoms with E-state index >= 15 is 0 Å². The molecule has 0 heterocycles. The summed E-state index contributed by atoms with van der Waals surface area (Å²) in [5.74, 6) is 1.76. The molecule has 0 atom stereocenters. The maximum absolute atomic E-state index is 5.88. The number of hydrogen-bond donors (Lipinski definition) is 1. The second kappa shape index (κ2) is 8.83. The van der Waals surface area contributed by atoms with E-state index in [1.807, 2.05) is 18.2 Å². The topological polar surface area (TPSA) is 35.2 Å². The molecule has 2 aromatic rings. The van der Waals surface area contributed by atoms with E-state index in [1.54, 1.807) is 11.8 Å². The maximum Gasteiger partial charge on any atom is 0.147 e. The molecule has 21 heavy (non-hydrogen) atoms. The lowest BCUT2D eigenvalue weighted by atomic mass is 10.1. The number of halogens is 2. The van der Waals surface area contributed by atoms with E-state index < -0.39 is 0 Å². The van der Waals surface area contributed by atoms with Crippen LogP contribution >= 0.6 is 43.6 Å². The van der Waals surface area contributed by atoms with Gasteiger partial charge in [0.2, 0.25) is 0 Å². The van der Waals surface area contributed by atoms with Crippen molar-refractivity contribution in [2.24, 2.45) is 5.73 Å². The minimum absolute atomic E-state index is 0.646. The fraction of sp³-hybridized carbons (Fsp3) is 0.250. The van der Waals surface area contributed by atoms with E-state index in [4.69, 9.17) is 10.5 Å². The Morgan fingerprint density at radius 1 is 1.05 bits per heavy atom. The largest absolute Gasteiger partial charge is 0.490 e. The lowest BCUT2D eigenvalue weighted by Gasteiger charge is -2.12. The molecule has 0 amide bonds. The highest BCUT2D eigenvalue weighted by Crippen LogP contribution is 2.35. The fourth-order valence-electron chi connectivity index (χ4n) is 1.88. The summed E-state index contributed by atoms with van der Waals surface area (Å²) in [7, 11) is 0. The Kier molecular flexibility index (Phi) is 7.10. The van der Waals surface area contributed by atoms with E-state index in [0.29, 0.717) is 13.2 Å². The highest BCUT2D eigenvalue weighted by atomic mass is 79.9. The van der Waals surface area contributed by atoms with Gasteiger partial charge in [0.05, 0.1) is 15.6 Å². The van der Waals surface area contributed by atoms with Crippen LogP contribution in [0.3, 0.4) is 0 Å². The van der Waals surface area contributed by atoms with Gasteiger partial charge in [-0.15, -0.1) is 11.8 Å². The number of rotatable bonds is 7. The summed E-state index contributed by atoms with van der Waals surface area (Å²) in [5, 5.41) is 0. The van der Waals surface area contributed by atoms with Crippen LogP contribution in [0.5, 0.6) is 5.75 Å². The quantitative estimate of drug-likeness (QED) is 0.501. The lowest BCUT2D eigenvalue weighted by molar-refractivity contribution is 0.339. The summed E-state index contributed by atoms with van der Waals surface area (Å²) in [4.78, 5) is 1.26. The smallest absolute Gasteiger partial charge is 0.147 e. The van der Waals surface area contributed by atoms with Crippen molar-refractivity contribution >= 4 is 43.6 Å². The summed E-state index contributed by atoms with van der Waals surface area (Å²) >= 11 is 8.92. The highest BCUT2D eigenvalue weighted by Gasteiger charge is 2.09. The Balaban J connectivity index is 1.88. The molecule has 0 fully saturated rings. The fourth-order valence-corrected chi connectivity index (χ4v) is 4.14. The Labute approximate surface area is 146 Å². The molecule has 2 aromatic carbocycles. The van der Waals surface area contributed by atoms with Crippen LogP contribution in [0.15, 0.2) is 56.3 Å². The van der Waals surface area contributed by atoms with E-state index in [1.165, 1.54) is 10.5 Å². The maximum atomic E-state index is 5.88. The van der Waals surface area contributed by atoms with Gasteiger partial charge in [0.15, 0.2) is 0 Å². The van der Waals surface area contributed by atoms with Gasteiger partial charge in [0.25, 0.3) is 0 Å². The van der Waals surface area contributed by atoms with Crippen molar-refractivity contribution in [3.63, 3.8) is 0 Å². The summed E-state index contributed by atoms with van der Waals surface area (Å²) in [6, 6.07) is 14.5. The minimum Gasteiger partial charge on any atom is -0.490 e. The number of nitrogens with two attached hydrogens (primary N) is 1. The van der Waals surface area contributed by atoms with E-state index in [-0.39, 0.29) is 0 Å². The van der Waals surface area contributed by atoms with Crippen molar-refractivity contribution in [2.45, 2.75) is 11.3 Å². The number of thioether (sulfide) groups is 1. The third-order valence-electron chi connectivity index (χ3n) is 2.83. The minimum atomic E-state index is 0.646. The molecule has 0 saturated heterocycles. The second-order valence-corrected chi connectivity index (χ2v) is 7.31. The first-order valence-corrected chi connectivity index (χ1v) is 9.26. The van der Waals surface area contributed by atoms with Gasteiger partial charge in [0, 0.05) is 10.6 Å². The van der Waals surface area contributed by atoms with Gasteiger partial charge in [-0.2, -0.15) is 0 Å². The zero-order chi connectivity index (χ0) is 15.1. The summed E-state index contributed by atoms with van der Waals surface area (Å²) in [6.45, 7) is 1.31. The van der Waals surface area contributed by atoms with E-state index in [2.05, 4.69) is 56.1 Å². The predicted molar refractivity (Wildman–Crippen MR) is 97.3 cm³/mol. The van der Waals surface area contributed by atoms with Crippen LogP contribution in [-0.2, 0) is 6.42 Å². The van der Waals surface area contributed by atoms with Gasteiger partial charge >= 0.3 is 0 Å². The van der Waals surface area contributed by atoms with Crippen molar-refractivity contribution in [1.29, 1.82) is 0 Å². The van der Waals surface area contributed by atoms with E-state index in [0.717, 1.165) is 26.9 Å². The Morgan fingerprint density at radius 2 is 1.71 bits per heavy atom. The Morgan fingerprint density at radius 3 is 2.33 bits per heavy atom. The van der Waals surface area contributed by atoms with Gasteiger partial charge in [-0.05, 0) is 74.7 Å². The van der Waals surface area contributed by atoms with Gasteiger partial charge in [-0.1, -0.05) is 18.2 Å². The highest BCUT2D eigenvalue weighted by molar-refractivity contribution is 9.11. The normalized spacial score (nSPS) is 10.6. The summed E-state index contributed by atoms with van der Waals surface area (Å²) in [6.07, 6.45) is 0.862. The molecule has 0 unspecified atom stereocenters. The SMILES string of the molecule is NCCc1cc(Br)c(OCCSc2ccccc2)c(Br)c1. The molecule has 5 heteroatoms. The molecule has 2 N–H and O–H groups in total. The standard InChI is InChI=1S/C16H17Br2NOS/c17-14-10-12(6-7-19)11-15(18)16(14)20-8-9-21-13-4-2-1-3-5-13/h1-5,10-11H,6-9,19H2. The van der Waals surface area contributed by atoms with Crippen LogP contribution in [0.4, 0.5) is 0 Å². The van der Waals surface area contributed by atoms with Gasteiger partial charge in [-0.25, -0.2) is 0 Å². The third kappa shape index (κ3) is 5.33. The number of benzene rings is 2. The molecule has 0 aliphatic rings. The average Bonchev–Trinajstić information content (AvgIpc) is 2.47. The summed E-state index contributed by atoms with van der Waals surface area (Å²) in [5.41, 5.74) is 6.78. The van der Waals surface area contributed by atoms with Crippen LogP contribution in [0.1, 0.15) is 5.56 Å². The number of ether oxygens (including phenoxy) is 1. The molecule has 112 valence electrons. The van der Waals surface area contributed by atoms with Crippen LogP contribution in [0, 0.1) is 0 Å². The molecular formula is C16H17Br2NOS. The monoisotopic (exact) mass is 429 g/mol. The van der Waals surface area contributed by atoms with E-state index in [9.17, 15) is 0 Å². The Hall–Kier alpha value is -0.490. The van der Waals surface area contributed by atoms with Crippen molar-refractivity contribution in [2.75, 3.05) is 18.9 Å².